The van der Waals surface area contributed by atoms with E-state index >= 15 is 0 Å². The maximum atomic E-state index is 8.04. The molecule has 0 aliphatic heterocycles. The third-order valence-corrected chi connectivity index (χ3v) is 34.5. The van der Waals surface area contributed by atoms with Crippen molar-refractivity contribution >= 4 is 70.6 Å². The zero-order valence-electron chi connectivity index (χ0n) is 70.1. The molecule has 8 heteroatoms. The van der Waals surface area contributed by atoms with Crippen LogP contribution in [0.1, 0.15) is 72.1 Å². The molecule has 0 aliphatic rings. The Kier molecular flexibility index (Phi) is 18.2. The molecular formula is C82H108Ge4N4+4. The molecule has 0 radical (unpaired) electrons. The number of benzene rings is 6. The molecule has 0 bridgehead atoms. The third-order valence-electron chi connectivity index (χ3n) is 17.0. The van der Waals surface area contributed by atoms with E-state index in [-0.39, 0.29) is 0 Å². The van der Waals surface area contributed by atoms with Gasteiger partial charge in [0.05, 0.1) is 0 Å². The maximum absolute atomic E-state index is 8.04. The van der Waals surface area contributed by atoms with Gasteiger partial charge in [0.2, 0.25) is 0 Å². The van der Waals surface area contributed by atoms with Crippen molar-refractivity contribution in [2.45, 2.75) is 138 Å². The summed E-state index contributed by atoms with van der Waals surface area (Å²) in [5.41, 5.74) is 20.4. The first kappa shape index (κ1) is 55.7. The Morgan fingerprint density at radius 2 is 0.600 bits per heavy atom. The van der Waals surface area contributed by atoms with Crippen LogP contribution in [0, 0.1) is 68.9 Å². The minimum atomic E-state index is -2.16. The van der Waals surface area contributed by atoms with Crippen LogP contribution in [0.4, 0.5) is 0 Å². The summed E-state index contributed by atoms with van der Waals surface area (Å²) in [6.45, 7) is 3.92. The molecule has 0 fully saturated rings. The van der Waals surface area contributed by atoms with Crippen LogP contribution in [0.5, 0.6) is 0 Å². The first-order valence-electron chi connectivity index (χ1n) is 37.5. The van der Waals surface area contributed by atoms with Gasteiger partial charge in [-0.1, -0.05) is 0 Å². The average molecular weight is 1450 g/mol. The van der Waals surface area contributed by atoms with Gasteiger partial charge in [0, 0.05) is 0 Å². The Morgan fingerprint density at radius 1 is 0.267 bits per heavy atom. The van der Waals surface area contributed by atoms with Gasteiger partial charge >= 0.3 is 577 Å². The van der Waals surface area contributed by atoms with E-state index in [2.05, 4.69) is 197 Å². The molecule has 4 nitrogen and oxygen atoms in total. The number of nitrogens with zero attached hydrogens (tertiary/aromatic N) is 4. The average Bonchev–Trinajstić information content (AvgIpc) is 0.774. The third kappa shape index (κ3) is 17.8. The van der Waals surface area contributed by atoms with E-state index in [1.807, 2.05) is 119 Å². The predicted octanol–water partition coefficient (Wildman–Crippen LogP) is 17.3. The van der Waals surface area contributed by atoms with Crippen LogP contribution < -0.4 is 35.9 Å². The van der Waals surface area contributed by atoms with E-state index in [0.717, 1.165) is 89.5 Å². The van der Waals surface area contributed by atoms with Crippen LogP contribution in [-0.2, 0) is 28.2 Å². The summed E-state index contributed by atoms with van der Waals surface area (Å²) in [5.74, 6) is 28.7. The Hall–Kier alpha value is -5.91. The fraction of sp³-hybridized carbons (Fsp3) is 0.317. The Labute approximate surface area is 572 Å². The van der Waals surface area contributed by atoms with Crippen molar-refractivity contribution < 1.29 is 34.7 Å². The van der Waals surface area contributed by atoms with Crippen molar-refractivity contribution in [3.63, 3.8) is 0 Å². The fourth-order valence-electron chi connectivity index (χ4n) is 11.8. The SMILES string of the molecule is [2H]C([2H])([2H])c1cc(C)c(-c2cc(C)[c]([Ge]([CH3])([CH3])[CH3])c[n+]2C)cc1-c1ccccc1.[2H]C([2H])([2H])c1cc(C)c(-c2cc[c]([Ge]([CH3])([CH3])[CH3])c[n+]2C)cc1-c1ccccc1.[2H]C([2H])([2H])c1ccc(-c2cc(C)[c]([Ge]([CH3])([CH3])[CH3])c[n+]2C)c(C)c1.[2H]C([2H])([2H])c1ccc(-c2cc[c]([Ge]([CH3])([CH3])[CH3])c[n+]2C)c(C)c1. The Balaban J connectivity index is 0.000000192. The van der Waals surface area contributed by atoms with Gasteiger partial charge < -0.3 is 0 Å². The zero-order chi connectivity index (χ0) is 76.5. The quantitative estimate of drug-likeness (QED) is 0.0958. The summed E-state index contributed by atoms with van der Waals surface area (Å²) in [5, 5.41) is 0. The minimum absolute atomic E-state index is 0.401. The summed E-state index contributed by atoms with van der Waals surface area (Å²) >= 11 is -7.60. The molecule has 0 atom stereocenters. The Bertz CT molecular complexity index is 4610. The fourth-order valence-corrected chi connectivity index (χ4v) is 24.4. The van der Waals surface area contributed by atoms with Gasteiger partial charge in [-0.25, -0.2) is 0 Å². The molecule has 0 N–H and O–H groups in total. The molecule has 4 heterocycles. The number of pyridine rings is 4. The van der Waals surface area contributed by atoms with Crippen LogP contribution >= 0.6 is 0 Å². The molecule has 6 aromatic carbocycles. The van der Waals surface area contributed by atoms with E-state index in [1.165, 1.54) is 28.7 Å². The van der Waals surface area contributed by atoms with Crippen LogP contribution in [0.25, 0.3) is 67.3 Å². The normalized spacial score (nSPS) is 14.2. The van der Waals surface area contributed by atoms with E-state index in [4.69, 9.17) is 16.4 Å². The summed E-state index contributed by atoms with van der Waals surface area (Å²) in [4.78, 5) is 0. The topological polar surface area (TPSA) is 15.5 Å². The van der Waals surface area contributed by atoms with Crippen molar-refractivity contribution in [2.75, 3.05) is 0 Å². The second-order valence-electron chi connectivity index (χ2n) is 28.8. The molecule has 4 aromatic heterocycles. The molecule has 10 aromatic rings. The summed E-state index contributed by atoms with van der Waals surface area (Å²) in [6.07, 6.45) is 9.02. The van der Waals surface area contributed by atoms with Crippen molar-refractivity contribution in [2.24, 2.45) is 28.2 Å². The van der Waals surface area contributed by atoms with Gasteiger partial charge in [0.1, 0.15) is 0 Å². The number of rotatable bonds is 10. The van der Waals surface area contributed by atoms with Gasteiger partial charge in [-0.05, 0) is 0 Å². The number of hydrogen-bond donors (Lipinski definition) is 0. The van der Waals surface area contributed by atoms with Crippen LogP contribution in [0.15, 0.2) is 183 Å². The number of hydrogen-bond acceptors (Lipinski definition) is 0. The van der Waals surface area contributed by atoms with E-state index in [9.17, 15) is 0 Å². The molecule has 0 saturated heterocycles. The van der Waals surface area contributed by atoms with Crippen LogP contribution in [-0.4, -0.2) is 53.1 Å². The molecule has 0 amide bonds. The summed E-state index contributed by atoms with van der Waals surface area (Å²) < 4.78 is 108. The zero-order valence-corrected chi connectivity index (χ0v) is 66.5. The Morgan fingerprint density at radius 3 is 0.933 bits per heavy atom. The van der Waals surface area contributed by atoms with Crippen molar-refractivity contribution in [1.29, 1.82) is 0 Å². The van der Waals surface area contributed by atoms with Gasteiger partial charge in [-0.2, -0.15) is 0 Å². The molecule has 0 saturated carbocycles. The van der Waals surface area contributed by atoms with Crippen molar-refractivity contribution in [3.8, 4) is 67.3 Å². The second kappa shape index (κ2) is 29.4. The monoisotopic (exact) mass is 1460 g/mol. The molecule has 0 aliphatic carbocycles. The number of aryl methyl sites for hydroxylation is 14. The molecule has 0 unspecified atom stereocenters. The molecule has 0 spiro atoms. The molecule has 468 valence electrons. The van der Waals surface area contributed by atoms with Crippen LogP contribution in [0.2, 0.25) is 69.1 Å². The van der Waals surface area contributed by atoms with Gasteiger partial charge in [0.15, 0.2) is 0 Å². The van der Waals surface area contributed by atoms with E-state index in [1.54, 1.807) is 24.3 Å². The van der Waals surface area contributed by atoms with Crippen LogP contribution in [0.3, 0.4) is 0 Å². The van der Waals surface area contributed by atoms with Gasteiger partial charge in [0.25, 0.3) is 0 Å². The standard InChI is InChI=1S/C24H30GeN.C23H28GeN.C18H26GeN.C17H24GeN/c1-17-13-18(2)22(15-21(17)20-11-9-8-10-12-20)24-14-19(3)23(16-26(24)7)25(4,5)6;1-17-14-18(2)22(15-21(17)19-10-8-7-9-11-19)23-13-12-20(16-25(23)6)24(3,4)5;1-13-8-9-16(14(2)10-13)18-11-15(3)17(12-20(18)7)19(4,5)6;1-13-7-9-16(14(2)11-13)17-10-8-15(12-19(17)6)18(3,4)5/h8-16H,1-7H3;7-16H,1-6H3;8-12H,1-7H3;7-12H,1-6H3/q4*+1/i4*1D3. The first-order valence-corrected chi connectivity index (χ1v) is 60.8. The molecule has 90 heavy (non-hydrogen) atoms. The van der Waals surface area contributed by atoms with Gasteiger partial charge in [-0.3, -0.25) is 0 Å². The first-order chi connectivity index (χ1) is 46.8. The van der Waals surface area contributed by atoms with Crippen molar-refractivity contribution in [3.05, 3.63) is 238 Å². The summed E-state index contributed by atoms with van der Waals surface area (Å²) in [6, 6.07) is 51.5. The van der Waals surface area contributed by atoms with Crippen molar-refractivity contribution in [1.82, 2.24) is 0 Å². The number of aromatic nitrogens is 4. The van der Waals surface area contributed by atoms with Gasteiger partial charge in [-0.15, -0.1) is 0 Å². The summed E-state index contributed by atoms with van der Waals surface area (Å²) in [7, 11) is 8.30. The molecular weight excluding hydrogens is 1330 g/mol. The second-order valence-corrected chi connectivity index (χ2v) is 71.2. The predicted molar refractivity (Wildman–Crippen MR) is 402 cm³/mol. The van der Waals surface area contributed by atoms with E-state index < -0.39 is 80.5 Å². The van der Waals surface area contributed by atoms with E-state index in [0.29, 0.717) is 22.3 Å². The molecule has 10 rings (SSSR count).